The molecule has 0 amide bonds. The van der Waals surface area contributed by atoms with Gasteiger partial charge in [0, 0.05) is 26.4 Å². The van der Waals surface area contributed by atoms with Crippen molar-refractivity contribution in [3.63, 3.8) is 0 Å². The smallest absolute Gasteiger partial charge is 0.418 e. The van der Waals surface area contributed by atoms with E-state index in [1.54, 1.807) is 11.3 Å². The van der Waals surface area contributed by atoms with Gasteiger partial charge in [0.15, 0.2) is 5.69 Å². The molecule has 8 heteroatoms. The van der Waals surface area contributed by atoms with E-state index in [-0.39, 0.29) is 6.61 Å². The fraction of sp³-hybridized carbons (Fsp3) is 0.833. The van der Waals surface area contributed by atoms with Crippen LogP contribution in [0.4, 0.5) is 17.3 Å². The number of aliphatic hydroxyl groups is 1. The summed E-state index contributed by atoms with van der Waals surface area (Å²) in [4.78, 5) is 1.34. The minimum Gasteiger partial charge on any atom is -0.418 e. The normalized spacial score (nSPS) is 11.3. The van der Waals surface area contributed by atoms with Crippen LogP contribution in [-0.4, -0.2) is 19.0 Å². The summed E-state index contributed by atoms with van der Waals surface area (Å²) in [5.74, 6) is 0. The molecule has 0 aromatic carbocycles. The molecule has 0 aliphatic carbocycles. The SMILES string of the molecule is CCCCCCCCCCCC[n+]1csc(CCO)c1C.F[B-](F)(F)F. The van der Waals surface area contributed by atoms with Crippen molar-refractivity contribution >= 4 is 18.6 Å². The second-order valence-corrected chi connectivity index (χ2v) is 7.52. The summed E-state index contributed by atoms with van der Waals surface area (Å²) in [6, 6.07) is 0. The van der Waals surface area contributed by atoms with Crippen molar-refractivity contribution in [3.8, 4) is 0 Å². The summed E-state index contributed by atoms with van der Waals surface area (Å²) in [6.07, 6.45) is 14.7. The lowest BCUT2D eigenvalue weighted by Crippen LogP contribution is -2.34. The second-order valence-electron chi connectivity index (χ2n) is 6.58. The summed E-state index contributed by atoms with van der Waals surface area (Å²) in [7, 11) is -6.00. The van der Waals surface area contributed by atoms with E-state index in [0.717, 1.165) is 13.0 Å². The Morgan fingerprint density at radius 2 is 1.38 bits per heavy atom. The highest BCUT2D eigenvalue weighted by atomic mass is 32.1. The summed E-state index contributed by atoms with van der Waals surface area (Å²) < 4.78 is 41.4. The number of halogens is 4. The molecule has 1 aromatic heterocycles. The monoisotopic (exact) mass is 399 g/mol. The van der Waals surface area contributed by atoms with Gasteiger partial charge < -0.3 is 22.4 Å². The van der Waals surface area contributed by atoms with E-state index >= 15 is 0 Å². The highest BCUT2D eigenvalue weighted by molar-refractivity contribution is 7.09. The molecule has 1 heterocycles. The average molecular weight is 399 g/mol. The molecule has 0 unspecified atom stereocenters. The number of nitrogens with zero attached hydrogens (tertiary/aromatic N) is 1. The van der Waals surface area contributed by atoms with Crippen LogP contribution in [0.2, 0.25) is 0 Å². The fourth-order valence-corrected chi connectivity index (χ4v) is 3.80. The Labute approximate surface area is 159 Å². The van der Waals surface area contributed by atoms with E-state index in [4.69, 9.17) is 5.11 Å². The van der Waals surface area contributed by atoms with E-state index in [0.29, 0.717) is 0 Å². The highest BCUT2D eigenvalue weighted by Crippen LogP contribution is 2.13. The average Bonchev–Trinajstić information content (AvgIpc) is 2.89. The molecule has 0 radical (unpaired) electrons. The van der Waals surface area contributed by atoms with Crippen LogP contribution in [0.5, 0.6) is 0 Å². The zero-order chi connectivity index (χ0) is 19.8. The van der Waals surface area contributed by atoms with Crippen molar-refractivity contribution in [2.45, 2.75) is 91.0 Å². The van der Waals surface area contributed by atoms with Gasteiger partial charge in [0.1, 0.15) is 6.54 Å². The van der Waals surface area contributed by atoms with E-state index in [1.165, 1.54) is 74.8 Å². The highest BCUT2D eigenvalue weighted by Gasteiger charge is 2.20. The number of thiazole rings is 1. The first-order valence-corrected chi connectivity index (χ1v) is 10.6. The van der Waals surface area contributed by atoms with E-state index < -0.39 is 7.25 Å². The van der Waals surface area contributed by atoms with E-state index in [1.807, 2.05) is 0 Å². The Kier molecular flexibility index (Phi) is 15.1. The van der Waals surface area contributed by atoms with Crippen molar-refractivity contribution < 1.29 is 26.9 Å². The second kappa shape index (κ2) is 15.4. The molecule has 0 fully saturated rings. The molecule has 0 saturated carbocycles. The molecule has 0 aliphatic heterocycles. The predicted molar refractivity (Wildman–Crippen MR) is 102 cm³/mol. The van der Waals surface area contributed by atoms with Gasteiger partial charge in [-0.3, -0.25) is 0 Å². The molecule has 0 saturated heterocycles. The molecule has 0 bridgehead atoms. The lowest BCUT2D eigenvalue weighted by atomic mass is 10.1. The van der Waals surface area contributed by atoms with Gasteiger partial charge in [-0.2, -0.15) is 4.57 Å². The maximum Gasteiger partial charge on any atom is 0.673 e. The van der Waals surface area contributed by atoms with Crippen LogP contribution < -0.4 is 4.57 Å². The Bertz CT molecular complexity index is 449. The van der Waals surface area contributed by atoms with Crippen molar-refractivity contribution in [3.05, 3.63) is 16.1 Å². The van der Waals surface area contributed by atoms with Crippen LogP contribution in [0.3, 0.4) is 0 Å². The van der Waals surface area contributed by atoms with E-state index in [2.05, 4.69) is 23.9 Å². The minimum atomic E-state index is -6.00. The van der Waals surface area contributed by atoms with Crippen LogP contribution in [-0.2, 0) is 13.0 Å². The van der Waals surface area contributed by atoms with Crippen molar-refractivity contribution in [1.29, 1.82) is 0 Å². The van der Waals surface area contributed by atoms with Gasteiger partial charge in [0.25, 0.3) is 0 Å². The van der Waals surface area contributed by atoms with Gasteiger partial charge in [-0.15, -0.1) is 0 Å². The first kappa shape index (κ1) is 25.4. The third kappa shape index (κ3) is 15.6. The van der Waals surface area contributed by atoms with Gasteiger partial charge >= 0.3 is 7.25 Å². The summed E-state index contributed by atoms with van der Waals surface area (Å²) in [5.41, 5.74) is 3.57. The number of aryl methyl sites for hydroxylation is 1. The lowest BCUT2D eigenvalue weighted by Gasteiger charge is -2.01. The largest absolute Gasteiger partial charge is 0.673 e. The molecule has 0 atom stereocenters. The van der Waals surface area contributed by atoms with Crippen molar-refractivity contribution in [1.82, 2.24) is 0 Å². The Morgan fingerprint density at radius 1 is 0.923 bits per heavy atom. The zero-order valence-electron chi connectivity index (χ0n) is 16.2. The van der Waals surface area contributed by atoms with Gasteiger partial charge in [-0.25, -0.2) is 0 Å². The molecule has 1 rings (SSSR count). The van der Waals surface area contributed by atoms with Crippen molar-refractivity contribution in [2.75, 3.05) is 6.61 Å². The van der Waals surface area contributed by atoms with Gasteiger partial charge in [-0.1, -0.05) is 69.6 Å². The minimum absolute atomic E-state index is 0.264. The summed E-state index contributed by atoms with van der Waals surface area (Å²) in [6.45, 7) is 5.86. The summed E-state index contributed by atoms with van der Waals surface area (Å²) in [5, 5.41) is 9.02. The maximum atomic E-state index is 9.75. The predicted octanol–water partition coefficient (Wildman–Crippen LogP) is 6.10. The van der Waals surface area contributed by atoms with Gasteiger partial charge in [-0.05, 0) is 6.42 Å². The molecular weight excluding hydrogens is 365 g/mol. The number of aliphatic hydroxyl groups excluding tert-OH is 1. The lowest BCUT2D eigenvalue weighted by molar-refractivity contribution is -0.698. The molecule has 0 aliphatic rings. The Balaban J connectivity index is 0.00000110. The first-order chi connectivity index (χ1) is 12.3. The zero-order valence-corrected chi connectivity index (χ0v) is 17.0. The topological polar surface area (TPSA) is 24.1 Å². The molecular formula is C18H34BF4NOS. The Morgan fingerprint density at radius 3 is 1.85 bits per heavy atom. The van der Waals surface area contributed by atoms with Gasteiger partial charge in [0.2, 0.25) is 5.51 Å². The molecule has 2 nitrogen and oxygen atoms in total. The molecule has 26 heavy (non-hydrogen) atoms. The summed E-state index contributed by atoms with van der Waals surface area (Å²) >= 11 is 1.79. The van der Waals surface area contributed by atoms with Crippen LogP contribution in [0, 0.1) is 6.92 Å². The third-order valence-electron chi connectivity index (χ3n) is 4.25. The van der Waals surface area contributed by atoms with Crippen LogP contribution in [0.1, 0.15) is 81.7 Å². The maximum absolute atomic E-state index is 9.75. The van der Waals surface area contributed by atoms with E-state index in [9.17, 15) is 17.3 Å². The standard InChI is InChI=1S/C18H34NOS.BF4/c1-3-4-5-6-7-8-9-10-11-12-14-19-16-21-18(13-15-20)17(19)2;2-1(3,4)5/h16,20H,3-15H2,1-2H3;/q+1;-1. The van der Waals surface area contributed by atoms with Crippen molar-refractivity contribution in [2.24, 2.45) is 0 Å². The van der Waals surface area contributed by atoms with Crippen LogP contribution >= 0.6 is 11.3 Å². The number of hydrogen-bond acceptors (Lipinski definition) is 2. The number of rotatable bonds is 13. The third-order valence-corrected chi connectivity index (χ3v) is 5.39. The number of aromatic nitrogens is 1. The number of hydrogen-bond donors (Lipinski definition) is 1. The molecule has 154 valence electrons. The Hall–Kier alpha value is -0.625. The van der Waals surface area contributed by atoms with Gasteiger partial charge in [0.05, 0.1) is 4.88 Å². The van der Waals surface area contributed by atoms with Crippen LogP contribution in [0.15, 0.2) is 5.51 Å². The first-order valence-electron chi connectivity index (χ1n) is 9.74. The molecule has 1 N–H and O–H groups in total. The molecule has 0 spiro atoms. The molecule has 1 aromatic rings. The quantitative estimate of drug-likeness (QED) is 0.184. The number of unbranched alkanes of at least 4 members (excludes halogenated alkanes) is 9. The van der Waals surface area contributed by atoms with Crippen LogP contribution in [0.25, 0.3) is 0 Å². The fourth-order valence-electron chi connectivity index (χ4n) is 2.78.